The summed E-state index contributed by atoms with van der Waals surface area (Å²) in [7, 11) is 3.84. The molecule has 0 fully saturated rings. The summed E-state index contributed by atoms with van der Waals surface area (Å²) in [6.07, 6.45) is 0.974. The van der Waals surface area contributed by atoms with E-state index < -0.39 is 0 Å². The second-order valence-electron chi connectivity index (χ2n) is 4.33. The molecule has 0 unspecified atom stereocenters. The third kappa shape index (κ3) is 7.28. The second-order valence-corrected chi connectivity index (χ2v) is 4.89. The van der Waals surface area contributed by atoms with Crippen LogP contribution in [0.4, 0.5) is 0 Å². The lowest BCUT2D eigenvalue weighted by Crippen LogP contribution is -2.44. The Kier molecular flexibility index (Phi) is 8.71. The monoisotopic (exact) mass is 281 g/mol. The first-order chi connectivity index (χ1) is 7.04. The van der Waals surface area contributed by atoms with Crippen LogP contribution in [0.3, 0.4) is 0 Å². The van der Waals surface area contributed by atoms with E-state index in [1.807, 2.05) is 0 Å². The van der Waals surface area contributed by atoms with Crippen LogP contribution in [0.1, 0.15) is 20.3 Å². The van der Waals surface area contributed by atoms with Gasteiger partial charge in [0.05, 0.1) is 6.61 Å². The Morgan fingerprint density at radius 3 is 2.40 bits per heavy atom. The highest BCUT2D eigenvalue weighted by Crippen LogP contribution is 2.14. The predicted octanol–water partition coefficient (Wildman–Crippen LogP) is 2.14. The van der Waals surface area contributed by atoms with Crippen molar-refractivity contribution in [2.24, 2.45) is 0 Å². The van der Waals surface area contributed by atoms with E-state index in [9.17, 15) is 0 Å². The Hall–Kier alpha value is 0.360. The van der Waals surface area contributed by atoms with Gasteiger partial charge in [0.2, 0.25) is 0 Å². The molecule has 0 bridgehead atoms. The SMILES string of the molecule is COCCCOCCN(C)C(C)(C)CBr. The molecule has 0 atom stereocenters. The van der Waals surface area contributed by atoms with E-state index in [1.165, 1.54) is 0 Å². The van der Waals surface area contributed by atoms with Gasteiger partial charge in [0, 0.05) is 37.7 Å². The van der Waals surface area contributed by atoms with Gasteiger partial charge in [-0.1, -0.05) is 15.9 Å². The maximum Gasteiger partial charge on any atom is 0.0593 e. The summed E-state index contributed by atoms with van der Waals surface area (Å²) < 4.78 is 10.5. The van der Waals surface area contributed by atoms with Crippen molar-refractivity contribution in [1.82, 2.24) is 4.90 Å². The number of rotatable bonds is 9. The third-order valence-electron chi connectivity index (χ3n) is 2.57. The average Bonchev–Trinajstić information content (AvgIpc) is 2.22. The number of alkyl halides is 1. The van der Waals surface area contributed by atoms with Crippen LogP contribution in [0.2, 0.25) is 0 Å². The quantitative estimate of drug-likeness (QED) is 0.478. The van der Waals surface area contributed by atoms with Gasteiger partial charge >= 0.3 is 0 Å². The first-order valence-electron chi connectivity index (χ1n) is 5.38. The van der Waals surface area contributed by atoms with Crippen LogP contribution >= 0.6 is 15.9 Å². The van der Waals surface area contributed by atoms with Crippen molar-refractivity contribution in [3.63, 3.8) is 0 Å². The van der Waals surface area contributed by atoms with Gasteiger partial charge in [-0.25, -0.2) is 0 Å². The Bertz CT molecular complexity index is 154. The highest BCUT2D eigenvalue weighted by Gasteiger charge is 2.21. The van der Waals surface area contributed by atoms with Gasteiger partial charge in [-0.3, -0.25) is 4.90 Å². The molecule has 0 saturated carbocycles. The molecule has 0 spiro atoms. The van der Waals surface area contributed by atoms with E-state index in [-0.39, 0.29) is 5.54 Å². The van der Waals surface area contributed by atoms with Gasteiger partial charge in [-0.05, 0) is 27.3 Å². The second kappa shape index (κ2) is 8.50. The molecule has 0 heterocycles. The lowest BCUT2D eigenvalue weighted by Gasteiger charge is -2.33. The summed E-state index contributed by atoms with van der Waals surface area (Å²) >= 11 is 3.52. The number of hydrogen-bond acceptors (Lipinski definition) is 3. The van der Waals surface area contributed by atoms with Gasteiger partial charge in [0.1, 0.15) is 0 Å². The minimum Gasteiger partial charge on any atom is -0.385 e. The number of hydrogen-bond donors (Lipinski definition) is 0. The zero-order chi connectivity index (χ0) is 11.7. The minimum absolute atomic E-state index is 0.190. The van der Waals surface area contributed by atoms with Crippen LogP contribution in [0, 0.1) is 0 Å². The fraction of sp³-hybridized carbons (Fsp3) is 1.00. The number of likely N-dealkylation sites (N-methyl/N-ethyl adjacent to an activating group) is 1. The zero-order valence-electron chi connectivity index (χ0n) is 10.4. The Morgan fingerprint density at radius 2 is 1.87 bits per heavy atom. The summed E-state index contributed by atoms with van der Waals surface area (Å²) in [6, 6.07) is 0. The summed E-state index contributed by atoms with van der Waals surface area (Å²) in [6.45, 7) is 7.75. The maximum absolute atomic E-state index is 5.51. The average molecular weight is 282 g/mol. The van der Waals surface area contributed by atoms with E-state index >= 15 is 0 Å². The van der Waals surface area contributed by atoms with Gasteiger partial charge < -0.3 is 9.47 Å². The highest BCUT2D eigenvalue weighted by atomic mass is 79.9. The van der Waals surface area contributed by atoms with Gasteiger partial charge in [-0.2, -0.15) is 0 Å². The summed E-state index contributed by atoms with van der Waals surface area (Å²) in [5.74, 6) is 0. The molecule has 92 valence electrons. The van der Waals surface area contributed by atoms with E-state index in [2.05, 4.69) is 41.7 Å². The zero-order valence-corrected chi connectivity index (χ0v) is 12.0. The van der Waals surface area contributed by atoms with Crippen molar-refractivity contribution in [3.05, 3.63) is 0 Å². The molecule has 0 amide bonds. The normalized spacial score (nSPS) is 12.4. The van der Waals surface area contributed by atoms with Crippen LogP contribution in [0.25, 0.3) is 0 Å². The Balaban J connectivity index is 3.43. The molecule has 0 radical (unpaired) electrons. The van der Waals surface area contributed by atoms with Crippen molar-refractivity contribution in [3.8, 4) is 0 Å². The molecule has 0 N–H and O–H groups in total. The molecular formula is C11H24BrNO2. The number of methoxy groups -OCH3 is 1. The van der Waals surface area contributed by atoms with Crippen LogP contribution < -0.4 is 0 Å². The molecule has 0 rings (SSSR count). The Morgan fingerprint density at radius 1 is 1.20 bits per heavy atom. The first-order valence-corrected chi connectivity index (χ1v) is 6.50. The summed E-state index contributed by atoms with van der Waals surface area (Å²) in [4.78, 5) is 2.30. The fourth-order valence-electron chi connectivity index (χ4n) is 1.01. The minimum atomic E-state index is 0.190. The summed E-state index contributed by atoms with van der Waals surface area (Å²) in [5, 5.41) is 0.972. The van der Waals surface area contributed by atoms with Crippen LogP contribution in [-0.2, 0) is 9.47 Å². The van der Waals surface area contributed by atoms with E-state index in [0.717, 1.165) is 38.1 Å². The van der Waals surface area contributed by atoms with Crippen molar-refractivity contribution in [2.75, 3.05) is 45.9 Å². The van der Waals surface area contributed by atoms with Crippen molar-refractivity contribution < 1.29 is 9.47 Å². The molecule has 0 aliphatic carbocycles. The third-order valence-corrected chi connectivity index (χ3v) is 3.94. The topological polar surface area (TPSA) is 21.7 Å². The molecule has 3 nitrogen and oxygen atoms in total. The van der Waals surface area contributed by atoms with Gasteiger partial charge in [0.25, 0.3) is 0 Å². The van der Waals surface area contributed by atoms with E-state index in [1.54, 1.807) is 7.11 Å². The molecule has 15 heavy (non-hydrogen) atoms. The highest BCUT2D eigenvalue weighted by molar-refractivity contribution is 9.09. The van der Waals surface area contributed by atoms with Gasteiger partial charge in [-0.15, -0.1) is 0 Å². The maximum atomic E-state index is 5.51. The van der Waals surface area contributed by atoms with Crippen molar-refractivity contribution in [2.45, 2.75) is 25.8 Å². The number of ether oxygens (including phenoxy) is 2. The van der Waals surface area contributed by atoms with Crippen molar-refractivity contribution in [1.29, 1.82) is 0 Å². The molecule has 0 aromatic heterocycles. The molecule has 0 aromatic rings. The van der Waals surface area contributed by atoms with Crippen molar-refractivity contribution >= 4 is 15.9 Å². The van der Waals surface area contributed by atoms with Crippen LogP contribution in [0.15, 0.2) is 0 Å². The largest absolute Gasteiger partial charge is 0.385 e. The van der Waals surface area contributed by atoms with Crippen LogP contribution in [0.5, 0.6) is 0 Å². The van der Waals surface area contributed by atoms with Gasteiger partial charge in [0.15, 0.2) is 0 Å². The lowest BCUT2D eigenvalue weighted by molar-refractivity contribution is 0.0693. The molecular weight excluding hydrogens is 258 g/mol. The molecule has 0 aromatic carbocycles. The number of halogens is 1. The molecule has 0 aliphatic rings. The predicted molar refractivity (Wildman–Crippen MR) is 67.8 cm³/mol. The first kappa shape index (κ1) is 15.4. The standard InChI is InChI=1S/C11H24BrNO2/c1-11(2,10-12)13(3)6-9-15-8-5-7-14-4/h5-10H2,1-4H3. The summed E-state index contributed by atoms with van der Waals surface area (Å²) in [5.41, 5.74) is 0.190. The smallest absolute Gasteiger partial charge is 0.0593 e. The molecule has 4 heteroatoms. The van der Waals surface area contributed by atoms with E-state index in [4.69, 9.17) is 9.47 Å². The fourth-order valence-corrected chi connectivity index (χ4v) is 1.44. The molecule has 0 aliphatic heterocycles. The van der Waals surface area contributed by atoms with E-state index in [0.29, 0.717) is 0 Å². The lowest BCUT2D eigenvalue weighted by atomic mass is 10.1. The number of nitrogens with zero attached hydrogens (tertiary/aromatic N) is 1. The Labute approximate surface area is 102 Å². The van der Waals surface area contributed by atoms with Crippen LogP contribution in [-0.4, -0.2) is 56.3 Å². The molecule has 0 saturated heterocycles.